The second kappa shape index (κ2) is 8.43. The van der Waals surface area contributed by atoms with Crippen LogP contribution in [-0.4, -0.2) is 10.8 Å². The van der Waals surface area contributed by atoms with Crippen LogP contribution < -0.4 is 5.32 Å². The van der Waals surface area contributed by atoms with E-state index in [1.54, 1.807) is 18.2 Å². The summed E-state index contributed by atoms with van der Waals surface area (Å²) in [5.74, 6) is 0.306. The minimum Gasteiger partial charge on any atom is -0.322 e. The molecule has 0 saturated carbocycles. The summed E-state index contributed by atoms with van der Waals surface area (Å²) < 4.78 is 0. The fraction of sp³-hybridized carbons (Fsp3) is 0.286. The molecule has 1 amide bonds. The van der Waals surface area contributed by atoms with Gasteiger partial charge < -0.3 is 5.32 Å². The molecule has 0 aromatic heterocycles. The van der Waals surface area contributed by atoms with E-state index < -0.39 is 4.92 Å². The van der Waals surface area contributed by atoms with Crippen LogP contribution in [0.5, 0.6) is 0 Å². The lowest BCUT2D eigenvalue weighted by Crippen LogP contribution is -2.13. The molecule has 2 rings (SSSR count). The molecule has 0 aliphatic heterocycles. The van der Waals surface area contributed by atoms with Crippen molar-refractivity contribution < 1.29 is 9.72 Å². The van der Waals surface area contributed by atoms with E-state index in [0.29, 0.717) is 5.56 Å². The first-order chi connectivity index (χ1) is 12.3. The van der Waals surface area contributed by atoms with Crippen molar-refractivity contribution in [3.05, 3.63) is 75.3 Å². The Morgan fingerprint density at radius 1 is 1.04 bits per heavy atom. The van der Waals surface area contributed by atoms with Gasteiger partial charge in [0.2, 0.25) is 5.91 Å². The highest BCUT2D eigenvalue weighted by Crippen LogP contribution is 2.32. The average molecular weight is 352 g/mol. The standard InChI is InChI=1S/C21H24N2O3/c1-14(2)18-9-6-10-19(15(3)4)21(18)22-20(24)12-11-16-7-5-8-17(13-16)23(25)26/h5-15H,1-4H3,(H,22,24)/b12-11+. The minimum atomic E-state index is -0.453. The molecule has 136 valence electrons. The molecule has 0 heterocycles. The Balaban J connectivity index is 2.25. The number of nitro benzene ring substituents is 1. The zero-order valence-electron chi connectivity index (χ0n) is 15.5. The van der Waals surface area contributed by atoms with E-state index in [1.807, 2.05) is 18.2 Å². The van der Waals surface area contributed by atoms with E-state index in [9.17, 15) is 14.9 Å². The normalized spacial score (nSPS) is 11.3. The molecule has 5 heteroatoms. The van der Waals surface area contributed by atoms with Crippen molar-refractivity contribution in [2.24, 2.45) is 0 Å². The Labute approximate surface area is 153 Å². The molecule has 0 atom stereocenters. The molecule has 2 aromatic carbocycles. The number of hydrogen-bond donors (Lipinski definition) is 1. The molecule has 0 bridgehead atoms. The van der Waals surface area contributed by atoms with Crippen molar-refractivity contribution in [2.45, 2.75) is 39.5 Å². The van der Waals surface area contributed by atoms with Gasteiger partial charge in [0.15, 0.2) is 0 Å². The van der Waals surface area contributed by atoms with Crippen LogP contribution in [0.4, 0.5) is 11.4 Å². The van der Waals surface area contributed by atoms with Gasteiger partial charge in [-0.2, -0.15) is 0 Å². The van der Waals surface area contributed by atoms with E-state index >= 15 is 0 Å². The summed E-state index contributed by atoms with van der Waals surface area (Å²) in [6.45, 7) is 8.37. The second-order valence-electron chi connectivity index (χ2n) is 6.80. The van der Waals surface area contributed by atoms with E-state index in [1.165, 1.54) is 18.2 Å². The Morgan fingerprint density at radius 3 is 2.15 bits per heavy atom. The van der Waals surface area contributed by atoms with Crippen LogP contribution in [0.25, 0.3) is 6.08 Å². The first-order valence-corrected chi connectivity index (χ1v) is 8.66. The number of hydrogen-bond acceptors (Lipinski definition) is 3. The van der Waals surface area contributed by atoms with Crippen LogP contribution in [0.15, 0.2) is 48.5 Å². The molecule has 0 unspecified atom stereocenters. The van der Waals surface area contributed by atoms with Crippen LogP contribution in [0, 0.1) is 10.1 Å². The maximum atomic E-state index is 12.4. The Morgan fingerprint density at radius 2 is 1.62 bits per heavy atom. The number of amides is 1. The van der Waals surface area contributed by atoms with Gasteiger partial charge in [-0.25, -0.2) is 0 Å². The summed E-state index contributed by atoms with van der Waals surface area (Å²) in [4.78, 5) is 22.8. The van der Waals surface area contributed by atoms with Crippen molar-refractivity contribution in [1.82, 2.24) is 0 Å². The lowest BCUT2D eigenvalue weighted by molar-refractivity contribution is -0.384. The third-order valence-corrected chi connectivity index (χ3v) is 4.13. The molecule has 1 N–H and O–H groups in total. The number of anilines is 1. The van der Waals surface area contributed by atoms with Gasteiger partial charge in [-0.15, -0.1) is 0 Å². The predicted octanol–water partition coefficient (Wildman–Crippen LogP) is 5.49. The molecule has 0 fully saturated rings. The SMILES string of the molecule is CC(C)c1cccc(C(C)C)c1NC(=O)/C=C/c1cccc([N+](=O)[O-])c1. The topological polar surface area (TPSA) is 72.2 Å². The van der Waals surface area contributed by atoms with E-state index in [-0.39, 0.29) is 23.4 Å². The summed E-state index contributed by atoms with van der Waals surface area (Å²) in [6.07, 6.45) is 2.98. The van der Waals surface area contributed by atoms with Crippen LogP contribution >= 0.6 is 0 Å². The number of non-ortho nitro benzene ring substituents is 1. The van der Waals surface area contributed by atoms with Crippen LogP contribution in [-0.2, 0) is 4.79 Å². The molecule has 0 spiro atoms. The third kappa shape index (κ3) is 4.79. The minimum absolute atomic E-state index is 0.000180. The highest BCUT2D eigenvalue weighted by Gasteiger charge is 2.15. The fourth-order valence-corrected chi connectivity index (χ4v) is 2.77. The van der Waals surface area contributed by atoms with Crippen molar-refractivity contribution in [1.29, 1.82) is 0 Å². The molecule has 2 aromatic rings. The van der Waals surface area contributed by atoms with Gasteiger partial charge in [-0.3, -0.25) is 14.9 Å². The molecular weight excluding hydrogens is 328 g/mol. The second-order valence-corrected chi connectivity index (χ2v) is 6.80. The van der Waals surface area contributed by atoms with Crippen molar-refractivity contribution in [3.8, 4) is 0 Å². The molecule has 0 saturated heterocycles. The van der Waals surface area contributed by atoms with Crippen molar-refractivity contribution in [3.63, 3.8) is 0 Å². The number of carbonyl (C=O) groups excluding carboxylic acids is 1. The number of nitrogens with zero attached hydrogens (tertiary/aromatic N) is 1. The zero-order valence-corrected chi connectivity index (χ0v) is 15.5. The quantitative estimate of drug-likeness (QED) is 0.424. The van der Waals surface area contributed by atoms with Gasteiger partial charge in [0, 0.05) is 23.9 Å². The molecular formula is C21H24N2O3. The summed E-state index contributed by atoms with van der Waals surface area (Å²) in [6, 6.07) is 12.2. The van der Waals surface area contributed by atoms with Crippen LogP contribution in [0.1, 0.15) is 56.2 Å². The van der Waals surface area contributed by atoms with Gasteiger partial charge in [0.05, 0.1) is 4.92 Å². The lowest BCUT2D eigenvalue weighted by Gasteiger charge is -2.19. The van der Waals surface area contributed by atoms with Gasteiger partial charge in [-0.1, -0.05) is 58.0 Å². The van der Waals surface area contributed by atoms with Crippen LogP contribution in [0.2, 0.25) is 0 Å². The number of rotatable bonds is 6. The number of nitro groups is 1. The fourth-order valence-electron chi connectivity index (χ4n) is 2.77. The number of benzene rings is 2. The summed E-state index contributed by atoms with van der Waals surface area (Å²) in [5, 5.41) is 13.8. The smallest absolute Gasteiger partial charge is 0.270 e. The first-order valence-electron chi connectivity index (χ1n) is 8.66. The molecule has 0 radical (unpaired) electrons. The van der Waals surface area contributed by atoms with E-state index in [2.05, 4.69) is 33.0 Å². The average Bonchev–Trinajstić information content (AvgIpc) is 2.60. The van der Waals surface area contributed by atoms with Crippen LogP contribution in [0.3, 0.4) is 0 Å². The largest absolute Gasteiger partial charge is 0.322 e. The summed E-state index contributed by atoms with van der Waals surface area (Å²) in [7, 11) is 0. The molecule has 26 heavy (non-hydrogen) atoms. The van der Waals surface area contributed by atoms with Gasteiger partial charge in [-0.05, 0) is 34.6 Å². The molecule has 5 nitrogen and oxygen atoms in total. The maximum absolute atomic E-state index is 12.4. The zero-order chi connectivity index (χ0) is 19.3. The highest BCUT2D eigenvalue weighted by molar-refractivity contribution is 6.03. The summed E-state index contributed by atoms with van der Waals surface area (Å²) in [5.41, 5.74) is 3.64. The number of para-hydroxylation sites is 1. The maximum Gasteiger partial charge on any atom is 0.270 e. The lowest BCUT2D eigenvalue weighted by atomic mass is 9.92. The third-order valence-electron chi connectivity index (χ3n) is 4.13. The Hall–Kier alpha value is -2.95. The van der Waals surface area contributed by atoms with E-state index in [4.69, 9.17) is 0 Å². The van der Waals surface area contributed by atoms with Gasteiger partial charge in [0.1, 0.15) is 0 Å². The number of nitrogens with one attached hydrogen (secondary N) is 1. The monoisotopic (exact) mass is 352 g/mol. The predicted molar refractivity (Wildman–Crippen MR) is 105 cm³/mol. The Bertz CT molecular complexity index is 813. The van der Waals surface area contributed by atoms with Crippen molar-refractivity contribution in [2.75, 3.05) is 5.32 Å². The first kappa shape index (κ1) is 19.4. The van der Waals surface area contributed by atoms with Gasteiger partial charge >= 0.3 is 0 Å². The van der Waals surface area contributed by atoms with Gasteiger partial charge in [0.25, 0.3) is 5.69 Å². The molecule has 0 aliphatic rings. The number of carbonyl (C=O) groups is 1. The van der Waals surface area contributed by atoms with E-state index in [0.717, 1.165) is 16.8 Å². The highest BCUT2D eigenvalue weighted by atomic mass is 16.6. The Kier molecular flexibility index (Phi) is 6.28. The van der Waals surface area contributed by atoms with Crippen molar-refractivity contribution >= 4 is 23.4 Å². The molecule has 0 aliphatic carbocycles. The summed E-state index contributed by atoms with van der Waals surface area (Å²) >= 11 is 0.